The maximum absolute atomic E-state index is 12.3. The lowest BCUT2D eigenvalue weighted by Gasteiger charge is -2.27. The number of anilines is 2. The Morgan fingerprint density at radius 3 is 1.33 bits per heavy atom. The summed E-state index contributed by atoms with van der Waals surface area (Å²) >= 11 is 0. The first-order chi connectivity index (χ1) is 41.7. The van der Waals surface area contributed by atoms with Gasteiger partial charge < -0.3 is 23.6 Å². The summed E-state index contributed by atoms with van der Waals surface area (Å²) in [6.45, 7) is 29.9. The van der Waals surface area contributed by atoms with E-state index in [1.54, 1.807) is 32.9 Å². The van der Waals surface area contributed by atoms with E-state index < -0.39 is 42.8 Å². The molecule has 0 spiro atoms. The van der Waals surface area contributed by atoms with Crippen molar-refractivity contribution >= 4 is 72.3 Å². The molecule has 496 valence electrons. The summed E-state index contributed by atoms with van der Waals surface area (Å²) in [7, 11) is -9.21. The number of nitrogens with one attached hydrogen (secondary N) is 3. The van der Waals surface area contributed by atoms with E-state index in [1.165, 1.54) is 58.2 Å². The Morgan fingerprint density at radius 1 is 0.560 bits per heavy atom. The summed E-state index contributed by atoms with van der Waals surface area (Å²) in [5.41, 5.74) is 17.6. The molecule has 8 rings (SSSR count). The SMILES string of the molecule is C.C.CCC[N+]1=C(C=CC=C2N(CCCCCC(=O)NN)c3ccc(S(=O)(=O)[O-])cc3C2(C)C)C(C)(C)c2ccccc21.CCC[N+]1=C(C=CC=C2N(CCCCCC(=O)NNC(=O)OC(C)(C)C)c3ccc(S(=O)(=O)[O-])cc3C2(C)C)C(C)(C)c2ccccc21. The van der Waals surface area contributed by atoms with Gasteiger partial charge in [0.1, 0.15) is 38.9 Å². The largest absolute Gasteiger partial charge is 0.744 e. The molecule has 4 aliphatic heterocycles. The fourth-order valence-corrected chi connectivity index (χ4v) is 13.8. The fraction of sp³-hybridized carbons (Fsp3) is 0.479. The molecule has 0 unspecified atom stereocenters. The van der Waals surface area contributed by atoms with E-state index in [1.807, 2.05) is 13.8 Å². The second kappa shape index (κ2) is 30.0. The number of allylic oxidation sites excluding steroid dienone is 8. The highest BCUT2D eigenvalue weighted by Crippen LogP contribution is 2.51. The number of nitrogens with zero attached hydrogens (tertiary/aromatic N) is 4. The predicted molar refractivity (Wildman–Crippen MR) is 363 cm³/mol. The van der Waals surface area contributed by atoms with Gasteiger partial charge in [0.25, 0.3) is 0 Å². The smallest absolute Gasteiger partial charge is 0.426 e. The van der Waals surface area contributed by atoms with Gasteiger partial charge >= 0.3 is 6.09 Å². The van der Waals surface area contributed by atoms with Crippen molar-refractivity contribution in [3.8, 4) is 0 Å². The highest BCUT2D eigenvalue weighted by molar-refractivity contribution is 7.86. The number of carbonyl (C=O) groups is 3. The Hall–Kier alpha value is -7.23. The van der Waals surface area contributed by atoms with Crippen molar-refractivity contribution in [2.24, 2.45) is 5.84 Å². The number of para-hydroxylation sites is 2. The van der Waals surface area contributed by atoms with Gasteiger partial charge in [0.15, 0.2) is 11.4 Å². The lowest BCUT2D eigenvalue weighted by Crippen LogP contribution is -2.44. The molecule has 0 aliphatic carbocycles. The van der Waals surface area contributed by atoms with Crippen LogP contribution < -0.4 is 31.9 Å². The molecule has 0 bridgehead atoms. The van der Waals surface area contributed by atoms with Crippen LogP contribution in [0.1, 0.15) is 191 Å². The predicted octanol–water partition coefficient (Wildman–Crippen LogP) is 13.2. The minimum Gasteiger partial charge on any atom is -0.744 e. The van der Waals surface area contributed by atoms with E-state index in [4.69, 9.17) is 10.6 Å². The van der Waals surface area contributed by atoms with Crippen molar-refractivity contribution in [3.63, 3.8) is 0 Å². The Bertz CT molecular complexity index is 3750. The molecule has 18 nitrogen and oxygen atoms in total. The minimum atomic E-state index is -4.62. The zero-order chi connectivity index (χ0) is 65.5. The quantitative estimate of drug-likeness (QED) is 0.0143. The molecule has 4 aliphatic rings. The molecule has 3 amide bonds. The topological polar surface area (TPSA) is 249 Å². The number of rotatable bonds is 22. The summed E-state index contributed by atoms with van der Waals surface area (Å²) < 4.78 is 81.3. The lowest BCUT2D eigenvalue weighted by atomic mass is 9.81. The van der Waals surface area contributed by atoms with Crippen LogP contribution >= 0.6 is 0 Å². The van der Waals surface area contributed by atoms with Crippen molar-refractivity contribution in [1.82, 2.24) is 16.3 Å². The average Bonchev–Trinajstić information content (AvgIpc) is 1.64. The van der Waals surface area contributed by atoms with Gasteiger partial charge in [-0.2, -0.15) is 9.15 Å². The molecule has 0 aromatic heterocycles. The molecule has 0 atom stereocenters. The first-order valence-corrected chi connectivity index (χ1v) is 33.8. The summed E-state index contributed by atoms with van der Waals surface area (Å²) in [6, 6.07) is 26.3. The summed E-state index contributed by atoms with van der Waals surface area (Å²) in [4.78, 5) is 39.5. The van der Waals surface area contributed by atoms with Crippen LogP contribution in [0.5, 0.6) is 0 Å². The number of hydrazine groups is 2. The number of unbranched alkanes of at least 4 members (excludes halogenated alkanes) is 4. The minimum absolute atomic E-state index is 0. The number of fused-ring (bicyclic) bond motifs is 4. The first kappa shape index (κ1) is 74.5. The zero-order valence-electron chi connectivity index (χ0n) is 54.2. The third-order valence-corrected chi connectivity index (χ3v) is 18.9. The van der Waals surface area contributed by atoms with E-state index in [0.29, 0.717) is 25.9 Å². The summed E-state index contributed by atoms with van der Waals surface area (Å²) in [5, 5.41) is 0. The summed E-state index contributed by atoms with van der Waals surface area (Å²) in [6.07, 6.45) is 19.2. The average molecular weight is 1290 g/mol. The van der Waals surface area contributed by atoms with E-state index >= 15 is 0 Å². The van der Waals surface area contributed by atoms with Crippen LogP contribution in [0.15, 0.2) is 143 Å². The third kappa shape index (κ3) is 16.9. The number of carbonyl (C=O) groups excluding carboxylic acids is 3. The molecule has 4 heterocycles. The molecule has 0 saturated carbocycles. The van der Waals surface area contributed by atoms with Gasteiger partial charge in [-0.25, -0.2) is 32.9 Å². The van der Waals surface area contributed by atoms with Gasteiger partial charge in [-0.3, -0.25) is 20.4 Å². The van der Waals surface area contributed by atoms with E-state index in [9.17, 15) is 40.3 Å². The fourth-order valence-electron chi connectivity index (χ4n) is 12.8. The highest BCUT2D eigenvalue weighted by Gasteiger charge is 2.46. The van der Waals surface area contributed by atoms with E-state index in [-0.39, 0.29) is 53.7 Å². The van der Waals surface area contributed by atoms with Crippen LogP contribution in [0.3, 0.4) is 0 Å². The molecule has 91 heavy (non-hydrogen) atoms. The molecule has 0 saturated heterocycles. The Balaban J connectivity index is 0.000000327. The molecule has 4 aromatic carbocycles. The van der Waals surface area contributed by atoms with Crippen molar-refractivity contribution in [3.05, 3.63) is 155 Å². The van der Waals surface area contributed by atoms with Crippen LogP contribution in [0.4, 0.5) is 27.5 Å². The second-order valence-electron chi connectivity index (χ2n) is 26.4. The van der Waals surface area contributed by atoms with Gasteiger partial charge in [-0.1, -0.05) is 118 Å². The third-order valence-electron chi connectivity index (χ3n) is 17.2. The van der Waals surface area contributed by atoms with Crippen LogP contribution in [0.2, 0.25) is 0 Å². The lowest BCUT2D eigenvalue weighted by molar-refractivity contribution is -0.437. The summed E-state index contributed by atoms with van der Waals surface area (Å²) in [5.74, 6) is 4.71. The molecule has 0 fully saturated rings. The molecule has 0 radical (unpaired) electrons. The normalized spacial score (nSPS) is 17.5. The van der Waals surface area contributed by atoms with Gasteiger partial charge in [-0.15, -0.1) is 0 Å². The molecule has 20 heteroatoms. The number of amides is 3. The van der Waals surface area contributed by atoms with E-state index in [0.717, 1.165) is 91.9 Å². The number of hydrogen-bond donors (Lipinski definition) is 4. The van der Waals surface area contributed by atoms with Crippen molar-refractivity contribution in [2.45, 2.75) is 206 Å². The van der Waals surface area contributed by atoms with Crippen molar-refractivity contribution in [1.29, 1.82) is 0 Å². The van der Waals surface area contributed by atoms with Crippen LogP contribution in [0, 0.1) is 0 Å². The molecular weight excluding hydrogens is 1190 g/mol. The Morgan fingerprint density at radius 2 is 0.956 bits per heavy atom. The van der Waals surface area contributed by atoms with Gasteiger partial charge in [0.05, 0.1) is 20.6 Å². The van der Waals surface area contributed by atoms with Crippen molar-refractivity contribution in [2.75, 3.05) is 36.0 Å². The van der Waals surface area contributed by atoms with Gasteiger partial charge in [-0.05, 0) is 134 Å². The van der Waals surface area contributed by atoms with E-state index in [2.05, 4.69) is 176 Å². The highest BCUT2D eigenvalue weighted by atomic mass is 32.2. The Labute approximate surface area is 543 Å². The van der Waals surface area contributed by atoms with Gasteiger partial charge in [0, 0.05) is 108 Å². The standard InChI is InChI=1S/C37H50N4O6S.C32H42N4O4S.2CH4/c1-9-23-40-29-17-13-12-16-27(29)36(5,6)31(40)18-15-19-32-37(7,8)28-25-26(48(44,45)46)21-22-30(28)41(32)24-14-10-11-20-33(42)38-39-34(43)47-35(2,3)4;1-6-20-35-26-14-10-9-13-24(26)31(2,3)28(35)15-12-16-29-32(4,5)25-22-23(41(38,39)40)18-19-27(25)36(29)21-11-7-8-17-30(37)34-33;;/h12-13,15-19,21-22,25H,9-11,14,20,23-24H2,1-8H3,(H2-,38,39,42,43,44,45,46);9-10,12-16,18-19,22H,6-8,11,17,20-21,33H2,1-5H3,(H-,34,37,38,39,40);2*1H4. The zero-order valence-corrected chi connectivity index (χ0v) is 55.8. The van der Waals surface area contributed by atoms with Gasteiger partial charge in [0.2, 0.25) is 23.2 Å². The second-order valence-corrected chi connectivity index (χ2v) is 29.1. The first-order valence-electron chi connectivity index (χ1n) is 31.0. The Kier molecular flexibility index (Phi) is 24.6. The monoisotopic (exact) mass is 1290 g/mol. The number of benzene rings is 4. The van der Waals surface area contributed by atoms with Crippen LogP contribution in [-0.2, 0) is 56.2 Å². The number of ether oxygens (including phenoxy) is 1. The molecule has 5 N–H and O–H groups in total. The van der Waals surface area contributed by atoms with Crippen LogP contribution in [-0.4, -0.2) is 96.2 Å². The maximum atomic E-state index is 12.3. The number of nitrogens with two attached hydrogens (primary N) is 1. The van der Waals surface area contributed by atoms with Crippen molar-refractivity contribution < 1.29 is 54.2 Å². The maximum Gasteiger partial charge on any atom is 0.426 e. The van der Waals surface area contributed by atoms with Crippen LogP contribution in [0.25, 0.3) is 0 Å². The molecular formula is C71H100N8O10S2. The number of hydrogen-bond acceptors (Lipinski definition) is 13. The molecule has 4 aromatic rings.